The number of nitrogens with one attached hydrogen (secondary N) is 3. The SMILES string of the molecule is C=C[C@@H]1C[C@]1(NC(=O)[C@@H]1C[C@](c2ccc(-c3ccccc3)cc2)(S(=O)CCCC)CN1C(=O)[C@@H](NC(=O)O)C(C)(C)CC(C)(C)C)C(=O)NS(=O)(=O)C1CC1. The monoisotopic (exact) mass is 796 g/mol. The Morgan fingerprint density at radius 3 is 2.15 bits per heavy atom. The van der Waals surface area contributed by atoms with E-state index in [1.807, 2.05) is 82.3 Å². The highest BCUT2D eigenvalue weighted by molar-refractivity contribution is 7.91. The van der Waals surface area contributed by atoms with E-state index in [2.05, 4.69) is 21.9 Å². The quantitative estimate of drug-likeness (QED) is 0.162. The Labute approximate surface area is 327 Å². The first-order valence-electron chi connectivity index (χ1n) is 19.0. The largest absolute Gasteiger partial charge is 0.465 e. The Bertz CT molecular complexity index is 1920. The molecule has 1 heterocycles. The molecule has 1 saturated heterocycles. The second kappa shape index (κ2) is 15.8. The molecule has 0 bridgehead atoms. The summed E-state index contributed by atoms with van der Waals surface area (Å²) in [4.78, 5) is 57.0. The summed E-state index contributed by atoms with van der Waals surface area (Å²) in [5, 5.41) is 14.6. The maximum Gasteiger partial charge on any atom is 0.405 e. The Hall–Kier alpha value is -4.04. The number of hydrogen-bond acceptors (Lipinski definition) is 7. The number of carbonyl (C=O) groups excluding carboxylic acids is 3. The van der Waals surface area contributed by atoms with Gasteiger partial charge in [0.15, 0.2) is 0 Å². The molecule has 14 heteroatoms. The lowest BCUT2D eigenvalue weighted by Crippen LogP contribution is -2.60. The van der Waals surface area contributed by atoms with Crippen LogP contribution in [0.2, 0.25) is 0 Å². The van der Waals surface area contributed by atoms with Crippen molar-refractivity contribution in [1.29, 1.82) is 0 Å². The number of carboxylic acid groups (broad SMARTS) is 1. The third-order valence-electron chi connectivity index (χ3n) is 11.1. The van der Waals surface area contributed by atoms with Crippen molar-refractivity contribution in [2.24, 2.45) is 16.7 Å². The molecule has 2 aliphatic carbocycles. The predicted octanol–water partition coefficient (Wildman–Crippen LogP) is 5.47. The molecular weight excluding hydrogens is 741 g/mol. The average molecular weight is 797 g/mol. The minimum atomic E-state index is -3.95. The fourth-order valence-electron chi connectivity index (χ4n) is 8.28. The Morgan fingerprint density at radius 1 is 1.00 bits per heavy atom. The average Bonchev–Trinajstić information content (AvgIpc) is 4.05. The summed E-state index contributed by atoms with van der Waals surface area (Å²) in [6.45, 7) is 15.2. The van der Waals surface area contributed by atoms with Crippen LogP contribution in [0.15, 0.2) is 67.3 Å². The Kier molecular flexibility index (Phi) is 12.1. The maximum absolute atomic E-state index is 15.0. The van der Waals surface area contributed by atoms with Gasteiger partial charge in [0.25, 0.3) is 5.91 Å². The van der Waals surface area contributed by atoms with Gasteiger partial charge in [-0.25, -0.2) is 13.2 Å². The van der Waals surface area contributed by atoms with Crippen LogP contribution in [0.25, 0.3) is 11.1 Å². The number of benzene rings is 2. The zero-order chi connectivity index (χ0) is 40.6. The van der Waals surface area contributed by atoms with Crippen LogP contribution in [0.5, 0.6) is 0 Å². The van der Waals surface area contributed by atoms with Gasteiger partial charge in [-0.05, 0) is 66.0 Å². The van der Waals surface area contributed by atoms with Gasteiger partial charge in [-0.1, -0.05) is 109 Å². The second-order valence-electron chi connectivity index (χ2n) is 17.3. The van der Waals surface area contributed by atoms with E-state index in [-0.39, 0.29) is 24.8 Å². The lowest BCUT2D eigenvalue weighted by Gasteiger charge is -2.40. The Morgan fingerprint density at radius 2 is 1.62 bits per heavy atom. The molecule has 300 valence electrons. The number of amides is 4. The van der Waals surface area contributed by atoms with Crippen LogP contribution in [0.1, 0.15) is 92.1 Å². The van der Waals surface area contributed by atoms with Gasteiger partial charge < -0.3 is 20.6 Å². The number of rotatable bonds is 16. The lowest BCUT2D eigenvalue weighted by molar-refractivity contribution is -0.143. The molecule has 6 atom stereocenters. The molecule has 4 amide bonds. The molecule has 1 aliphatic heterocycles. The number of unbranched alkanes of at least 4 members (excludes halogenated alkanes) is 1. The molecule has 0 radical (unpaired) electrons. The van der Waals surface area contributed by atoms with E-state index >= 15 is 0 Å². The molecule has 3 fully saturated rings. The van der Waals surface area contributed by atoms with Crippen LogP contribution in [-0.4, -0.2) is 81.6 Å². The molecule has 1 unspecified atom stereocenters. The molecular formula is C41H56N4O8S2. The minimum Gasteiger partial charge on any atom is -0.465 e. The molecule has 55 heavy (non-hydrogen) atoms. The van der Waals surface area contributed by atoms with Crippen molar-refractivity contribution >= 4 is 44.6 Å². The molecule has 0 aromatic heterocycles. The summed E-state index contributed by atoms with van der Waals surface area (Å²) in [5.74, 6) is -2.53. The first kappa shape index (κ1) is 42.1. The molecule has 2 aromatic rings. The number of likely N-dealkylation sites (tertiary alicyclic amines) is 1. The fraction of sp³-hybridized carbons (Fsp3) is 0.561. The number of carbonyl (C=O) groups is 4. The summed E-state index contributed by atoms with van der Waals surface area (Å²) in [6, 6.07) is 14.8. The first-order chi connectivity index (χ1) is 25.7. The van der Waals surface area contributed by atoms with E-state index in [9.17, 15) is 36.9 Å². The van der Waals surface area contributed by atoms with Gasteiger partial charge in [0, 0.05) is 29.0 Å². The van der Waals surface area contributed by atoms with Crippen molar-refractivity contribution in [3.8, 4) is 11.1 Å². The molecule has 3 aliphatic rings. The van der Waals surface area contributed by atoms with Crippen molar-refractivity contribution in [2.75, 3.05) is 12.3 Å². The van der Waals surface area contributed by atoms with Gasteiger partial charge in [0.1, 0.15) is 17.6 Å². The van der Waals surface area contributed by atoms with E-state index in [0.29, 0.717) is 37.0 Å². The van der Waals surface area contributed by atoms with Gasteiger partial charge in [0.05, 0.1) is 10.00 Å². The standard InChI is InChI=1S/C41H56N4O8S2/c1-8-10-22-54(51)40(30-18-16-28(17-19-30)27-14-12-11-13-15-27)24-32(45(26-40)35(47)33(42-37(49)50)39(6,7)25-38(3,4)5)34(46)43-41(23-29(41)9-2)36(48)44-55(52,53)31-20-21-31/h9,11-19,29,31-33,42H,2,8,10,20-26H2,1,3-7H3,(H,43,46)(H,44,48)(H,49,50)/t29-,32+,33-,40+,41-,54?/m1/s1. The van der Waals surface area contributed by atoms with Gasteiger partial charge in [-0.15, -0.1) is 6.58 Å². The Balaban J connectivity index is 1.59. The van der Waals surface area contributed by atoms with Crippen LogP contribution >= 0.6 is 0 Å². The summed E-state index contributed by atoms with van der Waals surface area (Å²) < 4.78 is 41.2. The van der Waals surface area contributed by atoms with Crippen LogP contribution in [0, 0.1) is 16.7 Å². The molecule has 2 saturated carbocycles. The highest BCUT2D eigenvalue weighted by Gasteiger charge is 2.63. The van der Waals surface area contributed by atoms with Crippen molar-refractivity contribution in [3.05, 3.63) is 72.8 Å². The number of sulfonamides is 1. The van der Waals surface area contributed by atoms with Crippen molar-refractivity contribution in [1.82, 2.24) is 20.3 Å². The maximum atomic E-state index is 15.0. The van der Waals surface area contributed by atoms with Crippen LogP contribution in [-0.2, 0) is 40.0 Å². The molecule has 4 N–H and O–H groups in total. The van der Waals surface area contributed by atoms with Crippen LogP contribution in [0.3, 0.4) is 0 Å². The van der Waals surface area contributed by atoms with E-state index in [0.717, 1.165) is 17.5 Å². The predicted molar refractivity (Wildman–Crippen MR) is 214 cm³/mol. The lowest BCUT2D eigenvalue weighted by atomic mass is 9.71. The van der Waals surface area contributed by atoms with Gasteiger partial charge in [0.2, 0.25) is 21.8 Å². The van der Waals surface area contributed by atoms with Gasteiger partial charge in [-0.2, -0.15) is 0 Å². The summed E-state index contributed by atoms with van der Waals surface area (Å²) in [5.41, 5.74) is -0.294. The molecule has 12 nitrogen and oxygen atoms in total. The second-order valence-corrected chi connectivity index (χ2v) is 21.2. The van der Waals surface area contributed by atoms with Gasteiger partial charge in [-0.3, -0.25) is 23.3 Å². The highest BCUT2D eigenvalue weighted by Crippen LogP contribution is 2.48. The summed E-state index contributed by atoms with van der Waals surface area (Å²) in [7, 11) is -5.56. The topological polar surface area (TPSA) is 179 Å². The van der Waals surface area contributed by atoms with Crippen molar-refractivity contribution in [3.63, 3.8) is 0 Å². The normalized spacial score (nSPS) is 25.0. The number of hydrogen-bond donors (Lipinski definition) is 4. The summed E-state index contributed by atoms with van der Waals surface area (Å²) >= 11 is 0. The smallest absolute Gasteiger partial charge is 0.405 e. The minimum absolute atomic E-state index is 0.0814. The number of nitrogens with zero attached hydrogens (tertiary/aromatic N) is 1. The van der Waals surface area contributed by atoms with Gasteiger partial charge >= 0.3 is 6.09 Å². The van der Waals surface area contributed by atoms with E-state index < -0.39 is 83.6 Å². The van der Waals surface area contributed by atoms with E-state index in [4.69, 9.17) is 0 Å². The third-order valence-corrected chi connectivity index (χ3v) is 15.0. The van der Waals surface area contributed by atoms with Crippen LogP contribution in [0.4, 0.5) is 4.79 Å². The van der Waals surface area contributed by atoms with E-state index in [1.54, 1.807) is 13.8 Å². The van der Waals surface area contributed by atoms with Crippen LogP contribution < -0.4 is 15.4 Å². The zero-order valence-corrected chi connectivity index (χ0v) is 34.4. The third kappa shape index (κ3) is 9.17. The molecule has 0 spiro atoms. The molecule has 2 aromatic carbocycles. The molecule has 5 rings (SSSR count). The highest BCUT2D eigenvalue weighted by atomic mass is 32.2. The van der Waals surface area contributed by atoms with E-state index in [1.165, 1.54) is 11.0 Å². The first-order valence-corrected chi connectivity index (χ1v) is 21.9. The summed E-state index contributed by atoms with van der Waals surface area (Å²) in [6.07, 6.45) is 2.80. The van der Waals surface area contributed by atoms with Crippen molar-refractivity contribution < 1.29 is 36.9 Å². The van der Waals surface area contributed by atoms with Crippen molar-refractivity contribution in [2.45, 2.75) is 114 Å². The fourth-order valence-corrected chi connectivity index (χ4v) is 11.6. The zero-order valence-electron chi connectivity index (χ0n) is 32.7.